The van der Waals surface area contributed by atoms with E-state index < -0.39 is 0 Å². The molecule has 0 amide bonds. The van der Waals surface area contributed by atoms with Crippen LogP contribution in [-0.4, -0.2) is 21.7 Å². The molecule has 0 bridgehead atoms. The van der Waals surface area contributed by atoms with Gasteiger partial charge in [0.1, 0.15) is 0 Å². The van der Waals surface area contributed by atoms with Gasteiger partial charge < -0.3 is 14.8 Å². The van der Waals surface area contributed by atoms with Gasteiger partial charge in [-0.1, -0.05) is 5.16 Å². The highest BCUT2D eigenvalue weighted by Crippen LogP contribution is 1.95. The third kappa shape index (κ3) is 2.43. The van der Waals surface area contributed by atoms with Crippen molar-refractivity contribution in [2.24, 2.45) is 0 Å². The Kier molecular flexibility index (Phi) is 2.92. The zero-order valence-corrected chi connectivity index (χ0v) is 7.73. The molecule has 0 unspecified atom stereocenters. The maximum absolute atomic E-state index is 4.62. The molecule has 0 radical (unpaired) electrons. The molecule has 0 saturated carbocycles. The third-order valence-corrected chi connectivity index (χ3v) is 1.92. The summed E-state index contributed by atoms with van der Waals surface area (Å²) in [6, 6.07) is 2.04. The lowest BCUT2D eigenvalue weighted by molar-refractivity contribution is 0.409. The third-order valence-electron chi connectivity index (χ3n) is 1.92. The number of hydrogen-bond acceptors (Lipinski definition) is 4. The molecular formula is C9H12N4O. The Labute approximate surface area is 81.5 Å². The fourth-order valence-electron chi connectivity index (χ4n) is 1.20. The minimum Gasteiger partial charge on any atom is -0.367 e. The van der Waals surface area contributed by atoms with Crippen molar-refractivity contribution in [1.82, 2.24) is 20.4 Å². The second kappa shape index (κ2) is 4.57. The van der Waals surface area contributed by atoms with E-state index in [1.807, 2.05) is 18.5 Å². The number of hydrogen-bond donors (Lipinski definition) is 2. The maximum atomic E-state index is 4.62. The molecule has 2 N–H and O–H groups in total. The molecule has 74 valence electrons. The van der Waals surface area contributed by atoms with E-state index in [0.717, 1.165) is 25.3 Å². The van der Waals surface area contributed by atoms with Gasteiger partial charge in [-0.2, -0.15) is 4.98 Å². The highest BCUT2D eigenvalue weighted by atomic mass is 16.5. The number of nitrogens with zero attached hydrogens (tertiary/aromatic N) is 2. The monoisotopic (exact) mass is 192 g/mol. The van der Waals surface area contributed by atoms with Crippen molar-refractivity contribution in [2.75, 3.05) is 6.54 Å². The van der Waals surface area contributed by atoms with Crippen molar-refractivity contribution in [1.29, 1.82) is 0 Å². The van der Waals surface area contributed by atoms with Gasteiger partial charge in [0, 0.05) is 31.9 Å². The van der Waals surface area contributed by atoms with Crippen molar-refractivity contribution < 1.29 is 4.52 Å². The standard InChI is InChI=1S/C9H12N4O/c1-3-10-5-8(1)6-11-4-2-9-12-7-14-13-9/h1,3,5,7,10-11H,2,4,6H2. The molecule has 2 aromatic rings. The molecule has 2 heterocycles. The van der Waals surface area contributed by atoms with Gasteiger partial charge in [-0.3, -0.25) is 0 Å². The molecule has 0 aromatic carbocycles. The largest absolute Gasteiger partial charge is 0.367 e. The lowest BCUT2D eigenvalue weighted by Gasteiger charge is -1.99. The van der Waals surface area contributed by atoms with Crippen LogP contribution in [0, 0.1) is 0 Å². The smallest absolute Gasteiger partial charge is 0.213 e. The predicted octanol–water partition coefficient (Wildman–Crippen LogP) is 0.730. The normalized spacial score (nSPS) is 10.6. The van der Waals surface area contributed by atoms with Crippen molar-refractivity contribution >= 4 is 0 Å². The second-order valence-electron chi connectivity index (χ2n) is 2.99. The number of H-pyrrole nitrogens is 1. The van der Waals surface area contributed by atoms with Crippen LogP contribution in [0.15, 0.2) is 29.4 Å². The van der Waals surface area contributed by atoms with E-state index in [4.69, 9.17) is 0 Å². The van der Waals surface area contributed by atoms with Gasteiger partial charge in [-0.25, -0.2) is 0 Å². The minimum absolute atomic E-state index is 0.742. The van der Waals surface area contributed by atoms with Crippen molar-refractivity contribution in [3.05, 3.63) is 36.2 Å². The quantitative estimate of drug-likeness (QED) is 0.685. The number of rotatable bonds is 5. The van der Waals surface area contributed by atoms with Gasteiger partial charge in [-0.15, -0.1) is 0 Å². The summed E-state index contributed by atoms with van der Waals surface area (Å²) in [7, 11) is 0. The van der Waals surface area contributed by atoms with Gasteiger partial charge in [0.05, 0.1) is 0 Å². The number of nitrogens with one attached hydrogen (secondary N) is 2. The average Bonchev–Trinajstić information content (AvgIpc) is 2.86. The molecular weight excluding hydrogens is 180 g/mol. The highest BCUT2D eigenvalue weighted by molar-refractivity contribution is 5.07. The lowest BCUT2D eigenvalue weighted by Crippen LogP contribution is -2.16. The zero-order valence-electron chi connectivity index (χ0n) is 7.73. The Balaban J connectivity index is 1.65. The van der Waals surface area contributed by atoms with Gasteiger partial charge >= 0.3 is 0 Å². The molecule has 0 saturated heterocycles. The van der Waals surface area contributed by atoms with Crippen LogP contribution in [-0.2, 0) is 13.0 Å². The Morgan fingerprint density at radius 3 is 3.21 bits per heavy atom. The fraction of sp³-hybridized carbons (Fsp3) is 0.333. The van der Waals surface area contributed by atoms with Crippen LogP contribution >= 0.6 is 0 Å². The first kappa shape index (κ1) is 8.96. The van der Waals surface area contributed by atoms with Crippen molar-refractivity contribution in [3.8, 4) is 0 Å². The topological polar surface area (TPSA) is 66.7 Å². The van der Waals surface area contributed by atoms with Crippen LogP contribution in [0.1, 0.15) is 11.4 Å². The molecule has 0 atom stereocenters. The Bertz CT molecular complexity index is 305. The van der Waals surface area contributed by atoms with Crippen molar-refractivity contribution in [2.45, 2.75) is 13.0 Å². The van der Waals surface area contributed by atoms with Crippen LogP contribution in [0.25, 0.3) is 0 Å². The molecule has 0 aliphatic rings. The van der Waals surface area contributed by atoms with Crippen molar-refractivity contribution in [3.63, 3.8) is 0 Å². The van der Waals surface area contributed by atoms with E-state index in [9.17, 15) is 0 Å². The summed E-state index contributed by atoms with van der Waals surface area (Å²) >= 11 is 0. The fourth-order valence-corrected chi connectivity index (χ4v) is 1.20. The van der Waals surface area contributed by atoms with Gasteiger partial charge in [-0.05, 0) is 11.6 Å². The summed E-state index contributed by atoms with van der Waals surface area (Å²) in [5.74, 6) is 0.742. The van der Waals surface area contributed by atoms with Crippen LogP contribution < -0.4 is 5.32 Å². The van der Waals surface area contributed by atoms with Crippen LogP contribution in [0.3, 0.4) is 0 Å². The Hall–Kier alpha value is -1.62. The van der Waals surface area contributed by atoms with E-state index in [2.05, 4.69) is 25.0 Å². The van der Waals surface area contributed by atoms with E-state index in [1.54, 1.807) is 0 Å². The molecule has 2 aromatic heterocycles. The summed E-state index contributed by atoms with van der Waals surface area (Å²) in [6.07, 6.45) is 6.03. The molecule has 0 fully saturated rings. The first-order chi connectivity index (χ1) is 6.95. The SMILES string of the molecule is c1cc(CNCCc2ncon2)c[nH]1. The Morgan fingerprint density at radius 1 is 1.50 bits per heavy atom. The molecule has 5 heteroatoms. The highest BCUT2D eigenvalue weighted by Gasteiger charge is 1.97. The first-order valence-electron chi connectivity index (χ1n) is 4.53. The van der Waals surface area contributed by atoms with Crippen LogP contribution in [0.5, 0.6) is 0 Å². The lowest BCUT2D eigenvalue weighted by atomic mass is 10.3. The maximum Gasteiger partial charge on any atom is 0.213 e. The van der Waals surface area contributed by atoms with Gasteiger partial charge in [0.25, 0.3) is 0 Å². The van der Waals surface area contributed by atoms with Gasteiger partial charge in [0.15, 0.2) is 5.82 Å². The summed E-state index contributed by atoms with van der Waals surface area (Å²) in [5, 5.41) is 7.00. The molecule has 2 rings (SSSR count). The molecule has 0 aliphatic carbocycles. The van der Waals surface area contributed by atoms with E-state index in [1.165, 1.54) is 12.0 Å². The molecule has 14 heavy (non-hydrogen) atoms. The van der Waals surface area contributed by atoms with E-state index in [-0.39, 0.29) is 0 Å². The number of aromatic amines is 1. The number of aromatic nitrogens is 3. The van der Waals surface area contributed by atoms with E-state index >= 15 is 0 Å². The first-order valence-corrected chi connectivity index (χ1v) is 4.53. The minimum atomic E-state index is 0.742. The summed E-state index contributed by atoms with van der Waals surface area (Å²) in [5.41, 5.74) is 1.25. The summed E-state index contributed by atoms with van der Waals surface area (Å²) < 4.78 is 4.62. The van der Waals surface area contributed by atoms with Crippen LogP contribution in [0.2, 0.25) is 0 Å². The second-order valence-corrected chi connectivity index (χ2v) is 2.99. The molecule has 5 nitrogen and oxygen atoms in total. The van der Waals surface area contributed by atoms with Gasteiger partial charge in [0.2, 0.25) is 6.39 Å². The predicted molar refractivity (Wildman–Crippen MR) is 50.5 cm³/mol. The average molecular weight is 192 g/mol. The summed E-state index contributed by atoms with van der Waals surface area (Å²) in [4.78, 5) is 6.93. The Morgan fingerprint density at radius 2 is 2.50 bits per heavy atom. The zero-order chi connectivity index (χ0) is 9.64. The molecule has 0 aliphatic heterocycles. The van der Waals surface area contributed by atoms with E-state index in [0.29, 0.717) is 0 Å². The summed E-state index contributed by atoms with van der Waals surface area (Å²) in [6.45, 7) is 1.71. The molecule has 0 spiro atoms. The van der Waals surface area contributed by atoms with Crippen LogP contribution in [0.4, 0.5) is 0 Å².